The molecule has 0 aliphatic carbocycles. The van der Waals surface area contributed by atoms with Gasteiger partial charge < -0.3 is 9.64 Å². The quantitative estimate of drug-likeness (QED) is 0.392. The van der Waals surface area contributed by atoms with E-state index in [0.29, 0.717) is 25.1 Å². The number of carbonyl (C=O) groups is 1. The van der Waals surface area contributed by atoms with Crippen LogP contribution in [-0.2, 0) is 19.4 Å². The number of sulfone groups is 1. The predicted octanol–water partition coefficient (Wildman–Crippen LogP) is 3.86. The van der Waals surface area contributed by atoms with Gasteiger partial charge in [-0.05, 0) is 38.0 Å². The molecule has 1 fully saturated rings. The summed E-state index contributed by atoms with van der Waals surface area (Å²) in [6, 6.07) is 8.82. The number of hydrogen-bond acceptors (Lipinski definition) is 7. The summed E-state index contributed by atoms with van der Waals surface area (Å²) in [5.74, 6) is -0.181. The topological polar surface area (TPSA) is 94.4 Å². The molecule has 0 radical (unpaired) electrons. The van der Waals surface area contributed by atoms with E-state index < -0.39 is 21.8 Å². The molecule has 1 aromatic carbocycles. The van der Waals surface area contributed by atoms with E-state index in [9.17, 15) is 13.2 Å². The lowest BCUT2D eigenvalue weighted by Gasteiger charge is -2.26. The van der Waals surface area contributed by atoms with Gasteiger partial charge in [0.05, 0.1) is 28.4 Å². The molecule has 168 valence electrons. The van der Waals surface area contributed by atoms with Crippen LogP contribution >= 0.6 is 23.2 Å². The molecular weight excluding hydrogens is 475 g/mol. The highest BCUT2D eigenvalue weighted by Gasteiger charge is 2.40. The van der Waals surface area contributed by atoms with Crippen molar-refractivity contribution in [3.8, 4) is 5.69 Å². The zero-order valence-electron chi connectivity index (χ0n) is 17.3. The van der Waals surface area contributed by atoms with E-state index in [4.69, 9.17) is 27.9 Å². The molecule has 1 aliphatic heterocycles. The van der Waals surface area contributed by atoms with Crippen LogP contribution in [0.3, 0.4) is 0 Å². The highest BCUT2D eigenvalue weighted by atomic mass is 35.5. The van der Waals surface area contributed by atoms with Crippen molar-refractivity contribution in [2.45, 2.75) is 35.6 Å². The number of esters is 1. The standard InChI is InChI=1S/C21H20Cl2N4O4S/c1-13-19(32(29,30)17-8-4-3-6-15(17)22)20(26-11-5-7-16(26)21(28)31-2)27(25-13)14-9-10-24-18(23)12-14/h3-4,6,8-10,12,16H,5,7,11H2,1-2H3. The number of ether oxygens (including phenoxy) is 1. The average molecular weight is 495 g/mol. The van der Waals surface area contributed by atoms with Gasteiger partial charge in [0.1, 0.15) is 16.1 Å². The Hall–Kier alpha value is -2.62. The summed E-state index contributed by atoms with van der Waals surface area (Å²) < 4.78 is 34.0. The summed E-state index contributed by atoms with van der Waals surface area (Å²) in [5, 5.41) is 4.85. The molecule has 1 unspecified atom stereocenters. The molecule has 11 heteroatoms. The van der Waals surface area contributed by atoms with Crippen LogP contribution in [-0.4, -0.2) is 48.8 Å². The van der Waals surface area contributed by atoms with Gasteiger partial charge in [-0.2, -0.15) is 5.10 Å². The number of carbonyl (C=O) groups excluding carboxylic acids is 1. The number of pyridine rings is 1. The van der Waals surface area contributed by atoms with Gasteiger partial charge in [-0.25, -0.2) is 22.9 Å². The Morgan fingerprint density at radius 3 is 2.66 bits per heavy atom. The molecule has 0 spiro atoms. The van der Waals surface area contributed by atoms with Crippen LogP contribution in [0.5, 0.6) is 0 Å². The van der Waals surface area contributed by atoms with E-state index in [1.54, 1.807) is 36.1 Å². The Bertz CT molecular complexity index is 1290. The summed E-state index contributed by atoms with van der Waals surface area (Å²) in [5.41, 5.74) is 0.780. The molecule has 8 nitrogen and oxygen atoms in total. The van der Waals surface area contributed by atoms with E-state index >= 15 is 0 Å². The van der Waals surface area contributed by atoms with Crippen LogP contribution in [0, 0.1) is 6.92 Å². The highest BCUT2D eigenvalue weighted by Crippen LogP contribution is 2.40. The molecule has 0 N–H and O–H groups in total. The van der Waals surface area contributed by atoms with Crippen LogP contribution in [0.15, 0.2) is 52.4 Å². The number of aromatic nitrogens is 3. The summed E-state index contributed by atoms with van der Waals surface area (Å²) >= 11 is 12.3. The maximum absolute atomic E-state index is 13.8. The van der Waals surface area contributed by atoms with Gasteiger partial charge in [0.15, 0.2) is 5.82 Å². The molecular formula is C21H20Cl2N4O4S. The fourth-order valence-corrected chi connectivity index (χ4v) is 6.23. The number of aryl methyl sites for hydroxylation is 1. The molecule has 0 saturated carbocycles. The van der Waals surface area contributed by atoms with Crippen molar-refractivity contribution in [3.63, 3.8) is 0 Å². The third-order valence-corrected chi connectivity index (χ3v) is 7.93. The van der Waals surface area contributed by atoms with Crippen molar-refractivity contribution >= 4 is 44.8 Å². The van der Waals surface area contributed by atoms with Crippen molar-refractivity contribution in [2.75, 3.05) is 18.6 Å². The Balaban J connectivity index is 2.01. The van der Waals surface area contributed by atoms with E-state index in [-0.39, 0.29) is 31.5 Å². The van der Waals surface area contributed by atoms with Gasteiger partial charge in [-0.1, -0.05) is 35.3 Å². The first-order valence-electron chi connectivity index (χ1n) is 9.81. The second-order valence-electron chi connectivity index (χ2n) is 7.30. The maximum Gasteiger partial charge on any atom is 0.328 e. The zero-order valence-corrected chi connectivity index (χ0v) is 19.7. The number of nitrogens with zero attached hydrogens (tertiary/aromatic N) is 4. The minimum absolute atomic E-state index is 0.0191. The Morgan fingerprint density at radius 1 is 1.22 bits per heavy atom. The summed E-state index contributed by atoms with van der Waals surface area (Å²) in [4.78, 5) is 18.2. The van der Waals surface area contributed by atoms with Crippen LogP contribution < -0.4 is 4.90 Å². The number of anilines is 1. The van der Waals surface area contributed by atoms with E-state index in [1.165, 1.54) is 30.1 Å². The number of halogens is 2. The molecule has 1 aliphatic rings. The Kier molecular flexibility index (Phi) is 6.15. The molecule has 3 heterocycles. The monoisotopic (exact) mass is 494 g/mol. The lowest BCUT2D eigenvalue weighted by molar-refractivity contribution is -0.141. The molecule has 0 amide bonds. The Morgan fingerprint density at radius 2 is 1.97 bits per heavy atom. The molecule has 3 aromatic rings. The SMILES string of the molecule is COC(=O)C1CCCN1c1c(S(=O)(=O)c2ccccc2Cl)c(C)nn1-c1ccnc(Cl)c1. The molecule has 32 heavy (non-hydrogen) atoms. The van der Waals surface area contributed by atoms with Crippen molar-refractivity contribution in [1.82, 2.24) is 14.8 Å². The summed E-state index contributed by atoms with van der Waals surface area (Å²) in [6.07, 6.45) is 2.72. The smallest absolute Gasteiger partial charge is 0.328 e. The first-order chi connectivity index (χ1) is 15.3. The van der Waals surface area contributed by atoms with E-state index in [1.807, 2.05) is 0 Å². The Labute approximate surface area is 195 Å². The summed E-state index contributed by atoms with van der Waals surface area (Å²) in [6.45, 7) is 2.06. The van der Waals surface area contributed by atoms with Crippen LogP contribution in [0.2, 0.25) is 10.2 Å². The number of benzene rings is 1. The minimum atomic E-state index is -4.08. The van der Waals surface area contributed by atoms with E-state index in [2.05, 4.69) is 10.1 Å². The van der Waals surface area contributed by atoms with Crippen LogP contribution in [0.4, 0.5) is 5.82 Å². The number of rotatable bonds is 5. The normalized spacial score (nSPS) is 16.4. The highest BCUT2D eigenvalue weighted by molar-refractivity contribution is 7.91. The molecule has 1 atom stereocenters. The first-order valence-corrected chi connectivity index (χ1v) is 12.0. The number of hydrogen-bond donors (Lipinski definition) is 0. The van der Waals surface area contributed by atoms with Gasteiger partial charge in [0, 0.05) is 18.8 Å². The van der Waals surface area contributed by atoms with Crippen molar-refractivity contribution < 1.29 is 17.9 Å². The lowest BCUT2D eigenvalue weighted by atomic mass is 10.2. The van der Waals surface area contributed by atoms with Crippen molar-refractivity contribution in [1.29, 1.82) is 0 Å². The van der Waals surface area contributed by atoms with E-state index in [0.717, 1.165) is 0 Å². The second kappa shape index (κ2) is 8.73. The zero-order chi connectivity index (χ0) is 23.0. The van der Waals surface area contributed by atoms with Gasteiger partial charge in [0.25, 0.3) is 0 Å². The first kappa shape index (κ1) is 22.6. The third-order valence-electron chi connectivity index (χ3n) is 5.33. The fourth-order valence-electron chi connectivity index (χ4n) is 3.95. The maximum atomic E-state index is 13.8. The minimum Gasteiger partial charge on any atom is -0.467 e. The van der Waals surface area contributed by atoms with Gasteiger partial charge in [-0.3, -0.25) is 0 Å². The van der Waals surface area contributed by atoms with Crippen molar-refractivity contribution in [3.05, 3.63) is 58.5 Å². The van der Waals surface area contributed by atoms with Crippen LogP contribution in [0.25, 0.3) is 5.69 Å². The van der Waals surface area contributed by atoms with Crippen LogP contribution in [0.1, 0.15) is 18.5 Å². The molecule has 4 rings (SSSR count). The lowest BCUT2D eigenvalue weighted by Crippen LogP contribution is -2.38. The largest absolute Gasteiger partial charge is 0.467 e. The van der Waals surface area contributed by atoms with Crippen molar-refractivity contribution in [2.24, 2.45) is 0 Å². The van der Waals surface area contributed by atoms with Gasteiger partial charge in [0.2, 0.25) is 9.84 Å². The molecule has 0 bridgehead atoms. The number of methoxy groups -OCH3 is 1. The summed E-state index contributed by atoms with van der Waals surface area (Å²) in [7, 11) is -2.77. The fraction of sp³-hybridized carbons (Fsp3) is 0.286. The predicted molar refractivity (Wildman–Crippen MR) is 120 cm³/mol. The molecule has 1 saturated heterocycles. The van der Waals surface area contributed by atoms with Gasteiger partial charge >= 0.3 is 5.97 Å². The second-order valence-corrected chi connectivity index (χ2v) is 9.94. The average Bonchev–Trinajstić information content (AvgIpc) is 3.37. The third kappa shape index (κ3) is 3.85. The van der Waals surface area contributed by atoms with Gasteiger partial charge in [-0.15, -0.1) is 0 Å². The molecule has 2 aromatic heterocycles.